The lowest BCUT2D eigenvalue weighted by Gasteiger charge is -2.41. The molecule has 2 bridgehead atoms. The number of esters is 1. The summed E-state index contributed by atoms with van der Waals surface area (Å²) in [6.45, 7) is 6.73. The van der Waals surface area contributed by atoms with Gasteiger partial charge < -0.3 is 14.6 Å². The minimum absolute atomic E-state index is 0.0733. The van der Waals surface area contributed by atoms with E-state index in [1.165, 1.54) is 5.57 Å². The summed E-state index contributed by atoms with van der Waals surface area (Å²) in [5.74, 6) is 4.68. The summed E-state index contributed by atoms with van der Waals surface area (Å²) in [6, 6.07) is 0. The molecule has 5 heteroatoms. The van der Waals surface area contributed by atoms with E-state index in [1.54, 1.807) is 6.92 Å². The summed E-state index contributed by atoms with van der Waals surface area (Å²) < 4.78 is 10.7. The maximum absolute atomic E-state index is 11.2. The van der Waals surface area contributed by atoms with E-state index < -0.39 is 17.5 Å². The van der Waals surface area contributed by atoms with Crippen LogP contribution in [0.25, 0.3) is 0 Å². The van der Waals surface area contributed by atoms with E-state index in [-0.39, 0.29) is 10.4 Å². The second kappa shape index (κ2) is 6.74. The first kappa shape index (κ1) is 17.5. The van der Waals surface area contributed by atoms with Gasteiger partial charge in [-0.3, -0.25) is 0 Å². The van der Waals surface area contributed by atoms with Crippen LogP contribution in [0.5, 0.6) is 0 Å². The zero-order chi connectivity index (χ0) is 16.4. The number of alkyl halides is 1. The van der Waals surface area contributed by atoms with Gasteiger partial charge in [0.15, 0.2) is 0 Å². The van der Waals surface area contributed by atoms with Crippen LogP contribution in [0, 0.1) is 17.3 Å². The highest BCUT2D eigenvalue weighted by Gasteiger charge is 2.59. The molecule has 122 valence electrons. The van der Waals surface area contributed by atoms with Crippen LogP contribution < -0.4 is 0 Å². The van der Waals surface area contributed by atoms with Gasteiger partial charge >= 0.3 is 5.97 Å². The van der Waals surface area contributed by atoms with Crippen LogP contribution >= 0.6 is 15.9 Å². The van der Waals surface area contributed by atoms with Gasteiger partial charge in [-0.2, -0.15) is 0 Å². The molecular weight excluding hydrogens is 348 g/mol. The molecule has 22 heavy (non-hydrogen) atoms. The second-order valence-corrected chi connectivity index (χ2v) is 7.24. The predicted molar refractivity (Wildman–Crippen MR) is 87.5 cm³/mol. The molecule has 0 unspecified atom stereocenters. The molecular formula is C17H23BrO4. The van der Waals surface area contributed by atoms with Gasteiger partial charge in [0.1, 0.15) is 0 Å². The van der Waals surface area contributed by atoms with Gasteiger partial charge in [0.2, 0.25) is 0 Å². The number of ether oxygens (including phenoxy) is 2. The lowest BCUT2D eigenvalue weighted by Crippen LogP contribution is -2.48. The average molecular weight is 371 g/mol. The lowest BCUT2D eigenvalue weighted by atomic mass is 9.69. The van der Waals surface area contributed by atoms with Crippen molar-refractivity contribution in [3.8, 4) is 11.8 Å². The SMILES string of the molecule is CCOC(=O)C#CCC[C@@H](O)[C@]12C=C(C)C[C@](C)(OC1)[C@H]2Br. The van der Waals surface area contributed by atoms with Crippen LogP contribution in [0.4, 0.5) is 0 Å². The molecule has 1 saturated heterocycles. The van der Waals surface area contributed by atoms with Crippen molar-refractivity contribution < 1.29 is 19.4 Å². The van der Waals surface area contributed by atoms with E-state index >= 15 is 0 Å². The Kier molecular flexibility index (Phi) is 5.37. The summed E-state index contributed by atoms with van der Waals surface area (Å²) in [4.78, 5) is 11.2. The molecule has 2 aliphatic rings. The van der Waals surface area contributed by atoms with Crippen molar-refractivity contribution in [2.45, 2.75) is 56.6 Å². The van der Waals surface area contributed by atoms with Crippen LogP contribution in [-0.4, -0.2) is 40.8 Å². The Balaban J connectivity index is 2.01. The van der Waals surface area contributed by atoms with E-state index in [1.807, 2.05) is 0 Å². The standard InChI is InChI=1S/C17H23BrO4/c1-4-21-14(20)8-6-5-7-13(19)17-10-12(2)9-16(3,15(17)18)22-11-17/h10,13,15,19H,4-5,7,9,11H2,1-3H3/t13-,15-,16+,17+/m1/s1. The molecule has 0 aromatic rings. The Morgan fingerprint density at radius 3 is 3.09 bits per heavy atom. The highest BCUT2D eigenvalue weighted by molar-refractivity contribution is 9.09. The average Bonchev–Trinajstić information content (AvgIpc) is 2.61. The van der Waals surface area contributed by atoms with Gasteiger partial charge in [-0.05, 0) is 33.6 Å². The molecule has 0 radical (unpaired) electrons. The van der Waals surface area contributed by atoms with Crippen molar-refractivity contribution in [1.29, 1.82) is 0 Å². The molecule has 1 aliphatic carbocycles. The smallest absolute Gasteiger partial charge is 0.384 e. The molecule has 0 amide bonds. The van der Waals surface area contributed by atoms with E-state index in [4.69, 9.17) is 9.47 Å². The first-order chi connectivity index (χ1) is 10.3. The van der Waals surface area contributed by atoms with Gasteiger partial charge in [0.25, 0.3) is 0 Å². The highest BCUT2D eigenvalue weighted by Crippen LogP contribution is 2.54. The van der Waals surface area contributed by atoms with E-state index in [0.717, 1.165) is 6.42 Å². The van der Waals surface area contributed by atoms with Gasteiger partial charge in [0.05, 0.1) is 35.2 Å². The summed E-state index contributed by atoms with van der Waals surface area (Å²) in [5.41, 5.74) is 0.561. The molecule has 1 heterocycles. The topological polar surface area (TPSA) is 55.8 Å². The van der Waals surface area contributed by atoms with Crippen LogP contribution in [0.3, 0.4) is 0 Å². The Hall–Kier alpha value is -0.830. The number of hydrogen-bond donors (Lipinski definition) is 1. The fraction of sp³-hybridized carbons (Fsp3) is 0.706. The van der Waals surface area contributed by atoms with Crippen molar-refractivity contribution in [3.63, 3.8) is 0 Å². The second-order valence-electron chi connectivity index (χ2n) is 6.32. The monoisotopic (exact) mass is 370 g/mol. The number of fused-ring (bicyclic) bond motifs is 2. The number of halogens is 1. The minimum atomic E-state index is -0.564. The van der Waals surface area contributed by atoms with Crippen molar-refractivity contribution in [2.24, 2.45) is 5.41 Å². The summed E-state index contributed by atoms with van der Waals surface area (Å²) in [7, 11) is 0. The Bertz CT molecular complexity index is 533. The highest BCUT2D eigenvalue weighted by atomic mass is 79.9. The zero-order valence-corrected chi connectivity index (χ0v) is 14.9. The quantitative estimate of drug-likeness (QED) is 0.271. The number of rotatable bonds is 4. The number of aliphatic hydroxyl groups excluding tert-OH is 1. The van der Waals surface area contributed by atoms with Crippen molar-refractivity contribution in [1.82, 2.24) is 0 Å². The molecule has 0 spiro atoms. The number of carbonyl (C=O) groups excluding carboxylic acids is 1. The first-order valence-corrected chi connectivity index (χ1v) is 8.55. The van der Waals surface area contributed by atoms with Crippen molar-refractivity contribution in [3.05, 3.63) is 11.6 Å². The van der Waals surface area contributed by atoms with Crippen LogP contribution in [-0.2, 0) is 14.3 Å². The third-order valence-electron chi connectivity index (χ3n) is 4.43. The molecule has 0 aromatic carbocycles. The molecule has 1 N–H and O–H groups in total. The fourth-order valence-electron chi connectivity index (χ4n) is 3.46. The van der Waals surface area contributed by atoms with Gasteiger partial charge in [-0.1, -0.05) is 33.5 Å². The Labute approximate surface area is 140 Å². The summed E-state index contributed by atoms with van der Waals surface area (Å²) in [6.07, 6.45) is 3.40. The Morgan fingerprint density at radius 2 is 2.41 bits per heavy atom. The molecule has 1 fully saturated rings. The van der Waals surface area contributed by atoms with Crippen LogP contribution in [0.15, 0.2) is 11.6 Å². The third-order valence-corrected chi connectivity index (χ3v) is 6.25. The first-order valence-electron chi connectivity index (χ1n) is 7.64. The zero-order valence-electron chi connectivity index (χ0n) is 13.3. The number of aliphatic hydroxyl groups is 1. The van der Waals surface area contributed by atoms with Crippen LogP contribution in [0.2, 0.25) is 0 Å². The normalized spacial score (nSPS) is 34.4. The summed E-state index contributed by atoms with van der Waals surface area (Å²) in [5, 5.41) is 10.7. The van der Waals surface area contributed by atoms with Crippen molar-refractivity contribution in [2.75, 3.05) is 13.2 Å². The molecule has 0 saturated carbocycles. The third kappa shape index (κ3) is 3.24. The maximum Gasteiger partial charge on any atom is 0.384 e. The maximum atomic E-state index is 11.2. The predicted octanol–water partition coefficient (Wildman–Crippen LogP) is 2.58. The van der Waals surface area contributed by atoms with Crippen LogP contribution in [0.1, 0.15) is 40.0 Å². The largest absolute Gasteiger partial charge is 0.456 e. The van der Waals surface area contributed by atoms with Gasteiger partial charge in [-0.15, -0.1) is 0 Å². The fourth-order valence-corrected chi connectivity index (χ4v) is 4.33. The van der Waals surface area contributed by atoms with E-state index in [2.05, 4.69) is 47.7 Å². The van der Waals surface area contributed by atoms with E-state index in [0.29, 0.717) is 26.1 Å². The minimum Gasteiger partial charge on any atom is -0.456 e. The molecule has 4 nitrogen and oxygen atoms in total. The number of hydrogen-bond acceptors (Lipinski definition) is 4. The molecule has 2 rings (SSSR count). The van der Waals surface area contributed by atoms with Gasteiger partial charge in [-0.25, -0.2) is 4.79 Å². The molecule has 4 atom stereocenters. The number of carbonyl (C=O) groups is 1. The molecule has 0 aromatic heterocycles. The van der Waals surface area contributed by atoms with Gasteiger partial charge in [0, 0.05) is 12.3 Å². The summed E-state index contributed by atoms with van der Waals surface area (Å²) >= 11 is 3.74. The Morgan fingerprint density at radius 1 is 1.68 bits per heavy atom. The van der Waals surface area contributed by atoms with E-state index in [9.17, 15) is 9.90 Å². The molecule has 1 aliphatic heterocycles. The lowest BCUT2D eigenvalue weighted by molar-refractivity contribution is -0.136. The van der Waals surface area contributed by atoms with Crippen molar-refractivity contribution >= 4 is 21.9 Å².